The lowest BCUT2D eigenvalue weighted by atomic mass is 10.1. The summed E-state index contributed by atoms with van der Waals surface area (Å²) in [6.45, 7) is 7.31. The molecule has 1 amide bonds. The third kappa shape index (κ3) is 7.48. The first-order valence-electron chi connectivity index (χ1n) is 10.7. The molecule has 2 aromatic carbocycles. The first kappa shape index (κ1) is 25.1. The van der Waals surface area contributed by atoms with Gasteiger partial charge < -0.3 is 15.5 Å². The van der Waals surface area contributed by atoms with Gasteiger partial charge in [-0.1, -0.05) is 24.3 Å². The molecule has 1 saturated heterocycles. The summed E-state index contributed by atoms with van der Waals surface area (Å²) in [6.07, 6.45) is 3.40. The number of rotatable bonds is 6. The van der Waals surface area contributed by atoms with Crippen LogP contribution in [0.1, 0.15) is 53.2 Å². The fourth-order valence-corrected chi connectivity index (χ4v) is 3.55. The Bertz CT molecular complexity index is 880. The molecule has 0 atom stereocenters. The number of aryl methyl sites for hydroxylation is 1. The van der Waals surface area contributed by atoms with Crippen LogP contribution in [0.4, 0.5) is 4.39 Å². The van der Waals surface area contributed by atoms with Gasteiger partial charge in [-0.2, -0.15) is 0 Å². The Labute approximate surface area is 201 Å². The molecule has 1 aliphatic rings. The van der Waals surface area contributed by atoms with Crippen LogP contribution in [0.15, 0.2) is 47.5 Å². The first-order chi connectivity index (χ1) is 14.6. The molecule has 168 valence electrons. The molecule has 0 unspecified atom stereocenters. The molecule has 1 aliphatic heterocycles. The maximum Gasteiger partial charge on any atom is 0.253 e. The highest BCUT2D eigenvalue weighted by Gasteiger charge is 2.17. The Morgan fingerprint density at radius 3 is 2.35 bits per heavy atom. The van der Waals surface area contributed by atoms with Gasteiger partial charge in [-0.3, -0.25) is 4.79 Å². The van der Waals surface area contributed by atoms with E-state index in [2.05, 4.69) is 15.6 Å². The highest BCUT2D eigenvalue weighted by molar-refractivity contribution is 14.0. The number of halogens is 2. The van der Waals surface area contributed by atoms with Crippen molar-refractivity contribution in [2.45, 2.75) is 46.2 Å². The van der Waals surface area contributed by atoms with Gasteiger partial charge in [0.05, 0.1) is 6.54 Å². The minimum absolute atomic E-state index is 0. The molecule has 0 spiro atoms. The minimum Gasteiger partial charge on any atom is -0.357 e. The summed E-state index contributed by atoms with van der Waals surface area (Å²) in [5, 5.41) is 6.54. The van der Waals surface area contributed by atoms with Crippen LogP contribution in [0.2, 0.25) is 0 Å². The van der Waals surface area contributed by atoms with Gasteiger partial charge in [0, 0.05) is 31.7 Å². The van der Waals surface area contributed by atoms with Crippen molar-refractivity contribution in [1.82, 2.24) is 15.5 Å². The fourth-order valence-electron chi connectivity index (χ4n) is 3.55. The van der Waals surface area contributed by atoms with Crippen molar-refractivity contribution < 1.29 is 9.18 Å². The van der Waals surface area contributed by atoms with Crippen molar-refractivity contribution in [3.05, 3.63) is 70.5 Å². The normalized spacial score (nSPS) is 14.0. The molecular weight excluding hydrogens is 506 g/mol. The minimum atomic E-state index is -0.199. The van der Waals surface area contributed by atoms with E-state index in [9.17, 15) is 9.18 Å². The predicted octanol–water partition coefficient (Wildman–Crippen LogP) is 4.63. The molecule has 2 N–H and O–H groups in total. The number of likely N-dealkylation sites (tertiary alicyclic amines) is 1. The molecular formula is C24H32FIN4O. The lowest BCUT2D eigenvalue weighted by molar-refractivity contribution is 0.0724. The smallest absolute Gasteiger partial charge is 0.253 e. The van der Waals surface area contributed by atoms with Gasteiger partial charge in [0.1, 0.15) is 5.82 Å². The molecule has 3 rings (SSSR count). The Morgan fingerprint density at radius 2 is 1.71 bits per heavy atom. The number of benzene rings is 2. The zero-order chi connectivity index (χ0) is 21.3. The summed E-state index contributed by atoms with van der Waals surface area (Å²) in [4.78, 5) is 19.1. The first-order valence-corrected chi connectivity index (χ1v) is 10.7. The van der Waals surface area contributed by atoms with E-state index in [1.165, 1.54) is 12.5 Å². The van der Waals surface area contributed by atoms with Crippen LogP contribution in [0.25, 0.3) is 0 Å². The van der Waals surface area contributed by atoms with Crippen LogP contribution in [0.3, 0.4) is 0 Å². The van der Waals surface area contributed by atoms with Crippen molar-refractivity contribution in [3.63, 3.8) is 0 Å². The van der Waals surface area contributed by atoms with Gasteiger partial charge in [0.2, 0.25) is 0 Å². The highest BCUT2D eigenvalue weighted by Crippen LogP contribution is 2.14. The lowest BCUT2D eigenvalue weighted by Gasteiger charge is -2.26. The number of aliphatic imine (C=N–C) groups is 1. The van der Waals surface area contributed by atoms with E-state index in [0.717, 1.165) is 49.2 Å². The van der Waals surface area contributed by atoms with E-state index >= 15 is 0 Å². The van der Waals surface area contributed by atoms with Crippen LogP contribution in [0.5, 0.6) is 0 Å². The fraction of sp³-hybridized carbons (Fsp3) is 0.417. The van der Waals surface area contributed by atoms with Crippen LogP contribution >= 0.6 is 24.0 Å². The number of nitrogens with one attached hydrogen (secondary N) is 2. The standard InChI is InChI=1S/C24H31FN4O.HI/c1-3-26-24(28-17-20-9-12-22(25)18(2)15-20)27-16-19-7-10-21(11-8-19)23(30)29-13-5-4-6-14-29;/h7-12,15H,3-6,13-14,16-17H2,1-2H3,(H2,26,27,28);1H. The number of guanidine groups is 1. The highest BCUT2D eigenvalue weighted by atomic mass is 127. The van der Waals surface area contributed by atoms with E-state index in [1.807, 2.05) is 42.2 Å². The van der Waals surface area contributed by atoms with Crippen LogP contribution in [-0.2, 0) is 13.1 Å². The molecule has 0 saturated carbocycles. The monoisotopic (exact) mass is 538 g/mol. The summed E-state index contributed by atoms with van der Waals surface area (Å²) in [5.74, 6) is 0.627. The quantitative estimate of drug-likeness (QED) is 0.321. The van der Waals surface area contributed by atoms with Gasteiger partial charge in [-0.05, 0) is 68.0 Å². The Hall–Kier alpha value is -2.16. The zero-order valence-electron chi connectivity index (χ0n) is 18.3. The third-order valence-corrected chi connectivity index (χ3v) is 5.29. The summed E-state index contributed by atoms with van der Waals surface area (Å²) in [7, 11) is 0. The van der Waals surface area contributed by atoms with Gasteiger partial charge in [-0.25, -0.2) is 9.38 Å². The largest absolute Gasteiger partial charge is 0.357 e. The number of hydrogen-bond acceptors (Lipinski definition) is 2. The summed E-state index contributed by atoms with van der Waals surface area (Å²) in [5.41, 5.74) is 3.41. The predicted molar refractivity (Wildman–Crippen MR) is 134 cm³/mol. The molecule has 0 radical (unpaired) electrons. The SMILES string of the molecule is CCNC(=NCc1ccc(F)c(C)c1)NCc1ccc(C(=O)N2CCCCC2)cc1.I. The molecule has 31 heavy (non-hydrogen) atoms. The number of piperidine rings is 1. The second-order valence-corrected chi connectivity index (χ2v) is 7.68. The number of nitrogens with zero attached hydrogens (tertiary/aromatic N) is 2. The van der Waals surface area contributed by atoms with Crippen molar-refractivity contribution >= 4 is 35.8 Å². The van der Waals surface area contributed by atoms with E-state index in [1.54, 1.807) is 13.0 Å². The summed E-state index contributed by atoms with van der Waals surface area (Å²) in [6, 6.07) is 12.8. The number of amides is 1. The second-order valence-electron chi connectivity index (χ2n) is 7.68. The average Bonchev–Trinajstić information content (AvgIpc) is 2.78. The van der Waals surface area contributed by atoms with Crippen LogP contribution < -0.4 is 10.6 Å². The third-order valence-electron chi connectivity index (χ3n) is 5.29. The van der Waals surface area contributed by atoms with E-state index < -0.39 is 0 Å². The summed E-state index contributed by atoms with van der Waals surface area (Å²) >= 11 is 0. The van der Waals surface area contributed by atoms with Crippen molar-refractivity contribution in [1.29, 1.82) is 0 Å². The molecule has 0 aliphatic carbocycles. The lowest BCUT2D eigenvalue weighted by Crippen LogP contribution is -2.37. The van der Waals surface area contributed by atoms with Crippen molar-refractivity contribution in [2.75, 3.05) is 19.6 Å². The van der Waals surface area contributed by atoms with E-state index in [4.69, 9.17) is 0 Å². The molecule has 1 heterocycles. The van der Waals surface area contributed by atoms with Gasteiger partial charge in [0.25, 0.3) is 5.91 Å². The number of hydrogen-bond donors (Lipinski definition) is 2. The van der Waals surface area contributed by atoms with E-state index in [-0.39, 0.29) is 35.7 Å². The number of carbonyl (C=O) groups is 1. The van der Waals surface area contributed by atoms with Gasteiger partial charge >= 0.3 is 0 Å². The van der Waals surface area contributed by atoms with Crippen molar-refractivity contribution in [2.24, 2.45) is 4.99 Å². The maximum atomic E-state index is 13.4. The van der Waals surface area contributed by atoms with Gasteiger partial charge in [0.15, 0.2) is 5.96 Å². The molecule has 0 aromatic heterocycles. The molecule has 0 bridgehead atoms. The molecule has 1 fully saturated rings. The molecule has 5 nitrogen and oxygen atoms in total. The topological polar surface area (TPSA) is 56.7 Å². The van der Waals surface area contributed by atoms with E-state index in [0.29, 0.717) is 24.6 Å². The van der Waals surface area contributed by atoms with Crippen LogP contribution in [0, 0.1) is 12.7 Å². The van der Waals surface area contributed by atoms with Crippen molar-refractivity contribution in [3.8, 4) is 0 Å². The maximum absolute atomic E-state index is 13.4. The summed E-state index contributed by atoms with van der Waals surface area (Å²) < 4.78 is 13.4. The zero-order valence-corrected chi connectivity index (χ0v) is 20.6. The Kier molecular flexibility index (Phi) is 10.2. The Morgan fingerprint density at radius 1 is 1.03 bits per heavy atom. The second kappa shape index (κ2) is 12.6. The molecule has 7 heteroatoms. The van der Waals surface area contributed by atoms with Crippen LogP contribution in [-0.4, -0.2) is 36.4 Å². The van der Waals surface area contributed by atoms with Gasteiger partial charge in [-0.15, -0.1) is 24.0 Å². The molecule has 2 aromatic rings. The number of carbonyl (C=O) groups excluding carboxylic acids is 1. The average molecular weight is 538 g/mol. The Balaban J connectivity index is 0.00000341.